The summed E-state index contributed by atoms with van der Waals surface area (Å²) in [5.41, 5.74) is 4.64. The van der Waals surface area contributed by atoms with Gasteiger partial charge in [0.1, 0.15) is 11.5 Å². The Hall–Kier alpha value is -3.32. The molecule has 3 aromatic rings. The van der Waals surface area contributed by atoms with Gasteiger partial charge in [0.25, 0.3) is 0 Å². The smallest absolute Gasteiger partial charge is 0.133 e. The number of hydrogen-bond donors (Lipinski definition) is 2. The van der Waals surface area contributed by atoms with Crippen LogP contribution in [0.25, 0.3) is 0 Å². The molecule has 4 aliphatic rings. The van der Waals surface area contributed by atoms with Crippen LogP contribution in [-0.4, -0.2) is 89.2 Å². The molecule has 0 amide bonds. The number of phenols is 2. The number of aliphatic imine (C=N–C) groups is 6. The van der Waals surface area contributed by atoms with Gasteiger partial charge in [0.2, 0.25) is 0 Å². The quantitative estimate of drug-likeness (QED) is 0.232. The lowest BCUT2D eigenvalue weighted by Gasteiger charge is -2.26. The first kappa shape index (κ1) is 41.8. The number of nitrogens with zero attached hydrogens (tertiary/aromatic N) is 6. The van der Waals surface area contributed by atoms with E-state index in [4.69, 9.17) is 30.0 Å². The number of rotatable bonds is 0. The highest BCUT2D eigenvalue weighted by atomic mass is 79.9. The third-order valence-electron chi connectivity index (χ3n) is 10.7. The van der Waals surface area contributed by atoms with Crippen LogP contribution in [0.5, 0.6) is 11.5 Å². The maximum Gasteiger partial charge on any atom is 0.133 e. The topological polar surface area (TPSA) is 146 Å². The molecule has 1 aliphatic heterocycles. The number of phenolic OH excluding ortho intramolecular Hbond substituents is 2. The standard InChI is InChI=1S/C42H46Br2N6O2.BrH.H2O/c43-33-17-27-16-28(18-33)22-46-36-11-2-4-13-38(36)49-25-31-19-34(44)20-32(42(31)52)26-50-40-15-6-5-14-39(40)48-24-30-9-7-8-29(41(30)51)23-47-37-12-3-1-10-35(37)45-21-27;;/h7-9,16-26,35-40,51-52H,1-6,10-15H2;1H;1H2. The third kappa shape index (κ3) is 10.7. The Balaban J connectivity index is 0.00000280. The van der Waals surface area contributed by atoms with Crippen LogP contribution < -0.4 is 0 Å². The molecule has 3 aliphatic carbocycles. The lowest BCUT2D eigenvalue weighted by molar-refractivity contribution is 0.389. The van der Waals surface area contributed by atoms with Crippen LogP contribution in [0.2, 0.25) is 0 Å². The minimum absolute atomic E-state index is 0. The molecule has 0 spiro atoms. The largest absolute Gasteiger partial charge is 0.507 e. The number of hydrogen-bond acceptors (Lipinski definition) is 8. The van der Waals surface area contributed by atoms with E-state index in [-0.39, 0.29) is 70.2 Å². The Morgan fingerprint density at radius 2 is 0.722 bits per heavy atom. The lowest BCUT2D eigenvalue weighted by atomic mass is 9.91. The lowest BCUT2D eigenvalue weighted by Crippen LogP contribution is -2.27. The predicted molar refractivity (Wildman–Crippen MR) is 236 cm³/mol. The minimum Gasteiger partial charge on any atom is -0.507 e. The van der Waals surface area contributed by atoms with E-state index in [9.17, 15) is 10.2 Å². The van der Waals surface area contributed by atoms with Gasteiger partial charge in [-0.2, -0.15) is 0 Å². The zero-order valence-corrected chi connectivity index (χ0v) is 35.2. The van der Waals surface area contributed by atoms with E-state index in [2.05, 4.69) is 50.1 Å². The van der Waals surface area contributed by atoms with E-state index < -0.39 is 0 Å². The van der Waals surface area contributed by atoms with Gasteiger partial charge < -0.3 is 15.7 Å². The second kappa shape index (κ2) is 20.0. The molecule has 0 aromatic heterocycles. The molecular formula is C42H49Br3N6O3. The van der Waals surface area contributed by atoms with Crippen molar-refractivity contribution in [2.45, 2.75) is 113 Å². The number of aromatic hydroxyl groups is 2. The van der Waals surface area contributed by atoms with Gasteiger partial charge in [0.15, 0.2) is 0 Å². The fourth-order valence-electron chi connectivity index (χ4n) is 7.80. The maximum atomic E-state index is 11.4. The van der Waals surface area contributed by atoms with Crippen molar-refractivity contribution < 1.29 is 15.7 Å². The SMILES string of the molecule is Br.O.Oc1c2cccc1C=NC1CCCCC1N=Cc1cc(Br)cc(c1O)C=NC1CCCCC1N=Cc1cc(Br)cc(c1)C=NC1CCCCC1N=C2. The van der Waals surface area contributed by atoms with Crippen molar-refractivity contribution in [3.05, 3.63) is 90.9 Å². The summed E-state index contributed by atoms with van der Waals surface area (Å²) >= 11 is 7.35. The van der Waals surface area contributed by atoms with E-state index in [0.717, 1.165) is 97.1 Å². The summed E-state index contributed by atoms with van der Waals surface area (Å²) < 4.78 is 1.82. The van der Waals surface area contributed by atoms with Gasteiger partial charge in [0.05, 0.1) is 36.3 Å². The molecule has 54 heavy (non-hydrogen) atoms. The molecule has 9 nitrogen and oxygen atoms in total. The number of fused-ring (bicyclic) bond motifs is 9. The van der Waals surface area contributed by atoms with Crippen molar-refractivity contribution in [2.75, 3.05) is 0 Å². The first-order chi connectivity index (χ1) is 25.4. The highest BCUT2D eigenvalue weighted by molar-refractivity contribution is 9.10. The van der Waals surface area contributed by atoms with Gasteiger partial charge in [0, 0.05) is 68.5 Å². The normalized spacial score (nSPS) is 25.6. The summed E-state index contributed by atoms with van der Waals surface area (Å²) in [7, 11) is 0. The number of benzene rings is 3. The Morgan fingerprint density at radius 1 is 0.426 bits per heavy atom. The second-order valence-electron chi connectivity index (χ2n) is 14.5. The monoisotopic (exact) mass is 922 g/mol. The summed E-state index contributed by atoms with van der Waals surface area (Å²) in [6, 6.07) is 15.9. The molecule has 4 N–H and O–H groups in total. The molecule has 3 fully saturated rings. The zero-order valence-electron chi connectivity index (χ0n) is 30.3. The van der Waals surface area contributed by atoms with E-state index in [1.165, 1.54) is 0 Å². The second-order valence-corrected chi connectivity index (χ2v) is 16.3. The Morgan fingerprint density at radius 3 is 1.09 bits per heavy atom. The van der Waals surface area contributed by atoms with E-state index >= 15 is 0 Å². The Labute approximate surface area is 345 Å². The first-order valence-corrected chi connectivity index (χ1v) is 20.3. The van der Waals surface area contributed by atoms with Gasteiger partial charge >= 0.3 is 0 Å². The molecule has 0 saturated heterocycles. The zero-order chi connectivity index (χ0) is 35.9. The summed E-state index contributed by atoms with van der Waals surface area (Å²) in [4.78, 5) is 30.0. The van der Waals surface area contributed by atoms with Crippen LogP contribution in [0.4, 0.5) is 0 Å². The fourth-order valence-corrected chi connectivity index (χ4v) is 8.82. The highest BCUT2D eigenvalue weighted by Crippen LogP contribution is 2.31. The summed E-state index contributed by atoms with van der Waals surface area (Å²) in [5.74, 6) is 0.335. The Bertz CT molecular complexity index is 1930. The highest BCUT2D eigenvalue weighted by Gasteiger charge is 2.26. The fraction of sp³-hybridized carbons (Fsp3) is 0.429. The first-order valence-electron chi connectivity index (χ1n) is 18.7. The van der Waals surface area contributed by atoms with Gasteiger partial charge in [-0.1, -0.05) is 76.5 Å². The molecule has 6 unspecified atom stereocenters. The van der Waals surface area contributed by atoms with E-state index in [1.54, 1.807) is 24.9 Å². The molecule has 3 saturated carbocycles. The molecule has 7 rings (SSSR count). The third-order valence-corrected chi connectivity index (χ3v) is 11.6. The van der Waals surface area contributed by atoms with Crippen LogP contribution in [-0.2, 0) is 0 Å². The molecule has 6 bridgehead atoms. The van der Waals surface area contributed by atoms with Crippen molar-refractivity contribution in [3.63, 3.8) is 0 Å². The summed E-state index contributed by atoms with van der Waals surface area (Å²) in [6.07, 6.45) is 23.4. The molecule has 6 atom stereocenters. The molecule has 0 radical (unpaired) electrons. The Kier molecular flexibility index (Phi) is 15.5. The van der Waals surface area contributed by atoms with E-state index in [1.807, 2.05) is 42.8 Å². The number of halogens is 3. The number of para-hydroxylation sites is 1. The van der Waals surface area contributed by atoms with Crippen molar-refractivity contribution in [1.82, 2.24) is 0 Å². The summed E-state index contributed by atoms with van der Waals surface area (Å²) in [5, 5.41) is 22.6. The molecule has 1 heterocycles. The van der Waals surface area contributed by atoms with Crippen LogP contribution in [0.1, 0.15) is 110 Å². The molecular weight excluding hydrogens is 876 g/mol. The van der Waals surface area contributed by atoms with Gasteiger partial charge in [-0.3, -0.25) is 30.0 Å². The van der Waals surface area contributed by atoms with Crippen molar-refractivity contribution in [2.24, 2.45) is 30.0 Å². The van der Waals surface area contributed by atoms with Crippen LogP contribution in [0.15, 0.2) is 87.4 Å². The van der Waals surface area contributed by atoms with E-state index in [0.29, 0.717) is 22.3 Å². The molecule has 286 valence electrons. The predicted octanol–water partition coefficient (Wildman–Crippen LogP) is 9.24. The average molecular weight is 926 g/mol. The van der Waals surface area contributed by atoms with Gasteiger partial charge in [-0.15, -0.1) is 17.0 Å². The molecule has 3 aromatic carbocycles. The van der Waals surface area contributed by atoms with Gasteiger partial charge in [-0.05, 0) is 92.1 Å². The van der Waals surface area contributed by atoms with Crippen LogP contribution in [0.3, 0.4) is 0 Å². The van der Waals surface area contributed by atoms with Crippen molar-refractivity contribution >= 4 is 86.1 Å². The molecule has 12 heteroatoms. The van der Waals surface area contributed by atoms with Crippen LogP contribution >= 0.6 is 48.8 Å². The maximum absolute atomic E-state index is 11.4. The van der Waals surface area contributed by atoms with Crippen LogP contribution in [0, 0.1) is 0 Å². The van der Waals surface area contributed by atoms with Gasteiger partial charge in [-0.25, -0.2) is 0 Å². The summed E-state index contributed by atoms with van der Waals surface area (Å²) in [6.45, 7) is 0. The minimum atomic E-state index is -0.0273. The van der Waals surface area contributed by atoms with Crippen molar-refractivity contribution in [3.8, 4) is 11.5 Å². The van der Waals surface area contributed by atoms with Crippen molar-refractivity contribution in [1.29, 1.82) is 0 Å². The average Bonchev–Trinajstić information content (AvgIpc) is 3.15.